The van der Waals surface area contributed by atoms with Gasteiger partial charge in [0.2, 0.25) is 11.8 Å². The highest BCUT2D eigenvalue weighted by atomic mass is 16.2. The number of likely N-dealkylation sites (tertiary alicyclic amines) is 1. The number of hydrogen-bond acceptors (Lipinski definition) is 3. The third kappa shape index (κ3) is 3.48. The van der Waals surface area contributed by atoms with E-state index in [2.05, 4.69) is 10.3 Å². The van der Waals surface area contributed by atoms with Crippen LogP contribution in [0.3, 0.4) is 0 Å². The number of carbonyl (C=O) groups excluding carboxylic acids is 2. The maximum Gasteiger partial charge on any atom is 0.251 e. The molecule has 2 heterocycles. The first kappa shape index (κ1) is 17.8. The number of aromatic nitrogens is 1. The van der Waals surface area contributed by atoms with E-state index >= 15 is 0 Å². The van der Waals surface area contributed by atoms with Crippen LogP contribution in [-0.2, 0) is 22.4 Å². The second-order valence-corrected chi connectivity index (χ2v) is 7.65. The normalized spacial score (nSPS) is 17.6. The van der Waals surface area contributed by atoms with Gasteiger partial charge < -0.3 is 15.2 Å². The Bertz CT molecular complexity index is 955. The monoisotopic (exact) mass is 367 g/mol. The average molecular weight is 367 g/mol. The number of hydrogen-bond donors (Lipinski definition) is 2. The van der Waals surface area contributed by atoms with Gasteiger partial charge in [0.1, 0.15) is 0 Å². The van der Waals surface area contributed by atoms with Crippen molar-refractivity contribution in [2.45, 2.75) is 45.4 Å². The second kappa shape index (κ2) is 7.18. The van der Waals surface area contributed by atoms with E-state index in [-0.39, 0.29) is 23.3 Å². The van der Waals surface area contributed by atoms with Gasteiger partial charge in [-0.05, 0) is 56.2 Å². The fraction of sp³-hybridized carbons (Fsp3) is 0.476. The van der Waals surface area contributed by atoms with Gasteiger partial charge in [-0.15, -0.1) is 0 Å². The van der Waals surface area contributed by atoms with Crippen LogP contribution < -0.4 is 10.9 Å². The molecule has 0 saturated carbocycles. The lowest BCUT2D eigenvalue weighted by Gasteiger charge is -2.30. The minimum atomic E-state index is -0.0844. The number of fused-ring (bicyclic) bond motifs is 3. The van der Waals surface area contributed by atoms with Crippen LogP contribution in [0, 0.1) is 5.92 Å². The summed E-state index contributed by atoms with van der Waals surface area (Å²) in [6, 6.07) is 5.77. The lowest BCUT2D eigenvalue weighted by Crippen LogP contribution is -2.40. The number of aryl methyl sites for hydroxylation is 1. The number of anilines is 1. The predicted octanol–water partition coefficient (Wildman–Crippen LogP) is 2.60. The highest BCUT2D eigenvalue weighted by Crippen LogP contribution is 2.27. The standard InChI is InChI=1S/C21H25N3O3/c1-13(25)24-10-8-14(9-11-24)20(26)22-15-6-7-17-16-4-2-3-5-18(16)21(27)23-19(17)12-15/h6-7,12,14H,2-5,8-11H2,1H3,(H,22,26)(H,23,27). The molecule has 0 spiro atoms. The van der Waals surface area contributed by atoms with Crippen LogP contribution in [0.5, 0.6) is 0 Å². The molecule has 142 valence electrons. The van der Waals surface area contributed by atoms with Gasteiger partial charge in [0.05, 0.1) is 5.52 Å². The lowest BCUT2D eigenvalue weighted by molar-refractivity contribution is -0.132. The molecule has 1 aliphatic heterocycles. The Morgan fingerprint density at radius 2 is 1.81 bits per heavy atom. The topological polar surface area (TPSA) is 82.3 Å². The van der Waals surface area contributed by atoms with Crippen molar-refractivity contribution in [3.63, 3.8) is 0 Å². The molecule has 6 heteroatoms. The first-order chi connectivity index (χ1) is 13.0. The van der Waals surface area contributed by atoms with Gasteiger partial charge in [-0.3, -0.25) is 14.4 Å². The number of pyridine rings is 1. The molecule has 0 atom stereocenters. The molecular formula is C21H25N3O3. The number of carbonyl (C=O) groups is 2. The fourth-order valence-electron chi connectivity index (χ4n) is 4.34. The fourth-order valence-corrected chi connectivity index (χ4v) is 4.34. The number of rotatable bonds is 2. The number of nitrogens with one attached hydrogen (secondary N) is 2. The summed E-state index contributed by atoms with van der Waals surface area (Å²) in [6.07, 6.45) is 5.34. The van der Waals surface area contributed by atoms with Crippen LogP contribution in [0.15, 0.2) is 23.0 Å². The lowest BCUT2D eigenvalue weighted by atomic mass is 9.90. The second-order valence-electron chi connectivity index (χ2n) is 7.65. The smallest absolute Gasteiger partial charge is 0.251 e. The van der Waals surface area contributed by atoms with Crippen molar-refractivity contribution in [3.8, 4) is 0 Å². The molecule has 2 amide bonds. The largest absolute Gasteiger partial charge is 0.343 e. The Kier molecular flexibility index (Phi) is 4.72. The van der Waals surface area contributed by atoms with Crippen molar-refractivity contribution in [1.29, 1.82) is 0 Å². The number of benzene rings is 1. The molecule has 1 saturated heterocycles. The minimum Gasteiger partial charge on any atom is -0.343 e. The van der Waals surface area contributed by atoms with Gasteiger partial charge in [0.15, 0.2) is 0 Å². The number of amides is 2. The highest BCUT2D eigenvalue weighted by Gasteiger charge is 2.26. The SMILES string of the molecule is CC(=O)N1CCC(C(=O)Nc2ccc3c4c(c(=O)[nH]c3c2)CCCC4)CC1. The summed E-state index contributed by atoms with van der Waals surface area (Å²) in [5.74, 6) is -0.0348. The molecule has 1 aromatic carbocycles. The molecule has 2 aromatic rings. The summed E-state index contributed by atoms with van der Waals surface area (Å²) in [6.45, 7) is 2.82. The molecule has 4 rings (SSSR count). The summed E-state index contributed by atoms with van der Waals surface area (Å²) < 4.78 is 0. The molecule has 0 unspecified atom stereocenters. The number of piperidine rings is 1. The van der Waals surface area contributed by atoms with Crippen molar-refractivity contribution in [2.75, 3.05) is 18.4 Å². The average Bonchev–Trinajstić information content (AvgIpc) is 2.68. The van der Waals surface area contributed by atoms with E-state index in [1.807, 2.05) is 18.2 Å². The third-order valence-corrected chi connectivity index (χ3v) is 5.91. The Balaban J connectivity index is 1.52. The Hall–Kier alpha value is -2.63. The van der Waals surface area contributed by atoms with Gasteiger partial charge in [-0.25, -0.2) is 0 Å². The van der Waals surface area contributed by atoms with E-state index in [9.17, 15) is 14.4 Å². The van der Waals surface area contributed by atoms with Crippen LogP contribution in [0.1, 0.15) is 43.7 Å². The predicted molar refractivity (Wildman–Crippen MR) is 105 cm³/mol. The Morgan fingerprint density at radius 3 is 2.52 bits per heavy atom. The van der Waals surface area contributed by atoms with E-state index in [0.29, 0.717) is 31.6 Å². The third-order valence-electron chi connectivity index (χ3n) is 5.91. The molecule has 2 N–H and O–H groups in total. The summed E-state index contributed by atoms with van der Waals surface area (Å²) in [7, 11) is 0. The van der Waals surface area contributed by atoms with Gasteiger partial charge in [0.25, 0.3) is 5.56 Å². The van der Waals surface area contributed by atoms with E-state index in [4.69, 9.17) is 0 Å². The quantitative estimate of drug-likeness (QED) is 0.856. The Labute approximate surface area is 157 Å². The van der Waals surface area contributed by atoms with Crippen LogP contribution in [0.2, 0.25) is 0 Å². The zero-order valence-corrected chi connectivity index (χ0v) is 15.6. The number of nitrogens with zero attached hydrogens (tertiary/aromatic N) is 1. The molecule has 1 aliphatic carbocycles. The number of aromatic amines is 1. The molecule has 0 radical (unpaired) electrons. The van der Waals surface area contributed by atoms with Gasteiger partial charge in [-0.2, -0.15) is 0 Å². The van der Waals surface area contributed by atoms with Crippen molar-refractivity contribution in [2.24, 2.45) is 5.92 Å². The van der Waals surface area contributed by atoms with Gasteiger partial charge >= 0.3 is 0 Å². The molecule has 2 aliphatic rings. The Morgan fingerprint density at radius 1 is 1.11 bits per heavy atom. The van der Waals surface area contributed by atoms with E-state index in [1.165, 1.54) is 0 Å². The molecule has 1 aromatic heterocycles. The van der Waals surface area contributed by atoms with Crippen molar-refractivity contribution in [3.05, 3.63) is 39.7 Å². The molecule has 6 nitrogen and oxygen atoms in total. The van der Waals surface area contributed by atoms with Crippen LogP contribution in [0.25, 0.3) is 10.9 Å². The number of H-pyrrole nitrogens is 1. The highest BCUT2D eigenvalue weighted by molar-refractivity contribution is 5.95. The first-order valence-electron chi connectivity index (χ1n) is 9.77. The first-order valence-corrected chi connectivity index (χ1v) is 9.77. The van der Waals surface area contributed by atoms with Gasteiger partial charge in [0, 0.05) is 42.6 Å². The van der Waals surface area contributed by atoms with Crippen LogP contribution in [-0.4, -0.2) is 34.8 Å². The summed E-state index contributed by atoms with van der Waals surface area (Å²) in [5, 5.41) is 4.06. The maximum atomic E-state index is 12.6. The summed E-state index contributed by atoms with van der Waals surface area (Å²) >= 11 is 0. The van der Waals surface area contributed by atoms with Gasteiger partial charge in [-0.1, -0.05) is 6.07 Å². The van der Waals surface area contributed by atoms with E-state index in [1.54, 1.807) is 11.8 Å². The maximum absolute atomic E-state index is 12.6. The zero-order chi connectivity index (χ0) is 19.0. The van der Waals surface area contributed by atoms with E-state index < -0.39 is 0 Å². The molecule has 27 heavy (non-hydrogen) atoms. The van der Waals surface area contributed by atoms with E-state index in [0.717, 1.165) is 47.7 Å². The molecule has 0 bridgehead atoms. The van der Waals surface area contributed by atoms with Crippen molar-refractivity contribution < 1.29 is 9.59 Å². The summed E-state index contributed by atoms with van der Waals surface area (Å²) in [5.41, 5.74) is 3.56. The zero-order valence-electron chi connectivity index (χ0n) is 15.6. The molecule has 1 fully saturated rings. The van der Waals surface area contributed by atoms with Crippen LogP contribution >= 0.6 is 0 Å². The van der Waals surface area contributed by atoms with Crippen molar-refractivity contribution in [1.82, 2.24) is 9.88 Å². The van der Waals surface area contributed by atoms with Crippen molar-refractivity contribution >= 4 is 28.4 Å². The minimum absolute atomic E-state index is 0.00252. The molecular weight excluding hydrogens is 342 g/mol. The van der Waals surface area contributed by atoms with Crippen LogP contribution in [0.4, 0.5) is 5.69 Å². The summed E-state index contributed by atoms with van der Waals surface area (Å²) in [4.78, 5) is 41.1.